The van der Waals surface area contributed by atoms with Crippen LogP contribution in [-0.2, 0) is 0 Å². The number of anilines is 2. The van der Waals surface area contributed by atoms with Gasteiger partial charge in [0.15, 0.2) is 0 Å². The van der Waals surface area contributed by atoms with Crippen molar-refractivity contribution in [2.45, 2.75) is 6.10 Å². The Morgan fingerprint density at radius 3 is 2.72 bits per heavy atom. The molecule has 0 aliphatic rings. The first-order chi connectivity index (χ1) is 8.45. The fourth-order valence-corrected chi connectivity index (χ4v) is 1.39. The predicted molar refractivity (Wildman–Crippen MR) is 70.5 cm³/mol. The number of aliphatic hydroxyl groups excluding tert-OH is 2. The molecule has 0 bridgehead atoms. The SMILES string of the molecule is CN(C)C(=O)c1ccc(N)c(NCC(O)CO)c1. The summed E-state index contributed by atoms with van der Waals surface area (Å²) < 4.78 is 0. The Balaban J connectivity index is 2.84. The van der Waals surface area contributed by atoms with Gasteiger partial charge in [0.05, 0.1) is 24.1 Å². The molecule has 0 saturated carbocycles. The zero-order valence-electron chi connectivity index (χ0n) is 10.6. The molecule has 0 radical (unpaired) electrons. The Labute approximate surface area is 106 Å². The minimum atomic E-state index is -0.863. The van der Waals surface area contributed by atoms with Gasteiger partial charge in [-0.3, -0.25) is 4.79 Å². The summed E-state index contributed by atoms with van der Waals surface area (Å²) in [7, 11) is 3.34. The van der Waals surface area contributed by atoms with E-state index >= 15 is 0 Å². The highest BCUT2D eigenvalue weighted by Crippen LogP contribution is 2.20. The average molecular weight is 253 g/mol. The second kappa shape index (κ2) is 6.23. The van der Waals surface area contributed by atoms with E-state index in [0.717, 1.165) is 0 Å². The van der Waals surface area contributed by atoms with Crippen molar-refractivity contribution in [2.75, 3.05) is 38.3 Å². The molecule has 1 rings (SSSR count). The number of hydrogen-bond acceptors (Lipinski definition) is 5. The number of nitrogens with one attached hydrogen (secondary N) is 1. The number of nitrogens with zero attached hydrogens (tertiary/aromatic N) is 1. The third-order valence-electron chi connectivity index (χ3n) is 2.45. The molecule has 0 fully saturated rings. The van der Waals surface area contributed by atoms with Crippen LogP contribution in [0.1, 0.15) is 10.4 Å². The normalized spacial score (nSPS) is 12.0. The van der Waals surface area contributed by atoms with Crippen molar-refractivity contribution >= 4 is 17.3 Å². The van der Waals surface area contributed by atoms with Crippen molar-refractivity contribution in [1.82, 2.24) is 4.90 Å². The third kappa shape index (κ3) is 3.61. The highest BCUT2D eigenvalue weighted by atomic mass is 16.3. The lowest BCUT2D eigenvalue weighted by molar-refractivity contribution is 0.0827. The maximum Gasteiger partial charge on any atom is 0.253 e. The molecular weight excluding hydrogens is 234 g/mol. The van der Waals surface area contributed by atoms with Crippen molar-refractivity contribution in [3.05, 3.63) is 23.8 Å². The van der Waals surface area contributed by atoms with Gasteiger partial charge in [-0.1, -0.05) is 0 Å². The van der Waals surface area contributed by atoms with Crippen molar-refractivity contribution in [2.24, 2.45) is 0 Å². The van der Waals surface area contributed by atoms with Crippen LogP contribution in [0.5, 0.6) is 0 Å². The summed E-state index contributed by atoms with van der Waals surface area (Å²) in [5.74, 6) is -0.124. The molecule has 6 heteroatoms. The molecule has 1 aromatic rings. The largest absolute Gasteiger partial charge is 0.397 e. The molecule has 0 heterocycles. The van der Waals surface area contributed by atoms with Crippen LogP contribution in [0.15, 0.2) is 18.2 Å². The summed E-state index contributed by atoms with van der Waals surface area (Å²) in [6, 6.07) is 4.90. The van der Waals surface area contributed by atoms with E-state index in [1.807, 2.05) is 0 Å². The Bertz CT molecular complexity index is 421. The number of nitrogens with two attached hydrogens (primary N) is 1. The van der Waals surface area contributed by atoms with E-state index in [0.29, 0.717) is 16.9 Å². The van der Waals surface area contributed by atoms with Gasteiger partial charge < -0.3 is 26.2 Å². The van der Waals surface area contributed by atoms with Crippen LogP contribution in [-0.4, -0.2) is 54.4 Å². The van der Waals surface area contributed by atoms with E-state index in [9.17, 15) is 9.90 Å². The lowest BCUT2D eigenvalue weighted by Crippen LogP contribution is -2.24. The van der Waals surface area contributed by atoms with E-state index in [4.69, 9.17) is 10.8 Å². The predicted octanol–water partition coefficient (Wildman–Crippen LogP) is -0.264. The quantitative estimate of drug-likeness (QED) is 0.542. The minimum absolute atomic E-state index is 0.124. The molecule has 1 unspecified atom stereocenters. The molecule has 5 N–H and O–H groups in total. The second-order valence-corrected chi connectivity index (χ2v) is 4.22. The lowest BCUT2D eigenvalue weighted by Gasteiger charge is -2.15. The maximum atomic E-state index is 11.8. The number of amides is 1. The highest BCUT2D eigenvalue weighted by molar-refractivity contribution is 5.95. The van der Waals surface area contributed by atoms with Gasteiger partial charge in [-0.15, -0.1) is 0 Å². The van der Waals surface area contributed by atoms with E-state index in [-0.39, 0.29) is 19.1 Å². The van der Waals surface area contributed by atoms with Crippen LogP contribution in [0.25, 0.3) is 0 Å². The molecule has 1 aromatic carbocycles. The maximum absolute atomic E-state index is 11.8. The number of nitrogen functional groups attached to an aromatic ring is 1. The van der Waals surface area contributed by atoms with Gasteiger partial charge in [-0.25, -0.2) is 0 Å². The first kappa shape index (κ1) is 14.3. The Kier molecular flexibility index (Phi) is 4.94. The molecule has 0 saturated heterocycles. The van der Waals surface area contributed by atoms with Gasteiger partial charge in [0.25, 0.3) is 5.91 Å². The standard InChI is InChI=1S/C12H19N3O3/c1-15(2)12(18)8-3-4-10(13)11(5-8)14-6-9(17)7-16/h3-5,9,14,16-17H,6-7,13H2,1-2H3. The number of carbonyl (C=O) groups excluding carboxylic acids is 1. The number of benzene rings is 1. The minimum Gasteiger partial charge on any atom is -0.397 e. The van der Waals surface area contributed by atoms with Crippen LogP contribution in [0, 0.1) is 0 Å². The van der Waals surface area contributed by atoms with Crippen LogP contribution >= 0.6 is 0 Å². The van der Waals surface area contributed by atoms with E-state index < -0.39 is 6.10 Å². The van der Waals surface area contributed by atoms with Crippen LogP contribution < -0.4 is 11.1 Å². The highest BCUT2D eigenvalue weighted by Gasteiger charge is 2.11. The van der Waals surface area contributed by atoms with E-state index in [1.54, 1.807) is 32.3 Å². The van der Waals surface area contributed by atoms with Crippen LogP contribution in [0.4, 0.5) is 11.4 Å². The molecule has 0 aromatic heterocycles. The lowest BCUT2D eigenvalue weighted by atomic mass is 10.1. The van der Waals surface area contributed by atoms with E-state index in [1.165, 1.54) is 4.90 Å². The van der Waals surface area contributed by atoms with Crippen molar-refractivity contribution < 1.29 is 15.0 Å². The number of aliphatic hydroxyl groups is 2. The van der Waals surface area contributed by atoms with E-state index in [2.05, 4.69) is 5.32 Å². The topological polar surface area (TPSA) is 98.8 Å². The number of carbonyl (C=O) groups is 1. The second-order valence-electron chi connectivity index (χ2n) is 4.22. The summed E-state index contributed by atoms with van der Waals surface area (Å²) in [6.45, 7) is -0.163. The molecule has 6 nitrogen and oxygen atoms in total. The Morgan fingerprint density at radius 1 is 1.50 bits per heavy atom. The van der Waals surface area contributed by atoms with Crippen molar-refractivity contribution in [3.8, 4) is 0 Å². The van der Waals surface area contributed by atoms with Gasteiger partial charge in [0, 0.05) is 26.2 Å². The van der Waals surface area contributed by atoms with Crippen LogP contribution in [0.3, 0.4) is 0 Å². The Morgan fingerprint density at radius 2 is 2.17 bits per heavy atom. The molecule has 18 heavy (non-hydrogen) atoms. The molecule has 0 aliphatic heterocycles. The fourth-order valence-electron chi connectivity index (χ4n) is 1.39. The van der Waals surface area contributed by atoms with Gasteiger partial charge >= 0.3 is 0 Å². The van der Waals surface area contributed by atoms with Crippen LogP contribution in [0.2, 0.25) is 0 Å². The number of rotatable bonds is 5. The molecular formula is C12H19N3O3. The fraction of sp³-hybridized carbons (Fsp3) is 0.417. The summed E-state index contributed by atoms with van der Waals surface area (Å²) in [6.07, 6.45) is -0.863. The third-order valence-corrected chi connectivity index (χ3v) is 2.45. The Hall–Kier alpha value is -1.79. The first-order valence-corrected chi connectivity index (χ1v) is 5.59. The molecule has 1 atom stereocenters. The summed E-state index contributed by atoms with van der Waals surface area (Å²) in [4.78, 5) is 13.2. The molecule has 0 spiro atoms. The average Bonchev–Trinajstić information content (AvgIpc) is 2.36. The van der Waals surface area contributed by atoms with Crippen molar-refractivity contribution in [3.63, 3.8) is 0 Å². The van der Waals surface area contributed by atoms with Gasteiger partial charge in [0.1, 0.15) is 0 Å². The summed E-state index contributed by atoms with van der Waals surface area (Å²) >= 11 is 0. The molecule has 1 amide bonds. The van der Waals surface area contributed by atoms with Gasteiger partial charge in [-0.05, 0) is 18.2 Å². The number of hydrogen-bond donors (Lipinski definition) is 4. The smallest absolute Gasteiger partial charge is 0.253 e. The molecule has 0 aliphatic carbocycles. The molecule has 100 valence electrons. The summed E-state index contributed by atoms with van der Waals surface area (Å²) in [5, 5.41) is 20.9. The van der Waals surface area contributed by atoms with Gasteiger partial charge in [-0.2, -0.15) is 0 Å². The zero-order chi connectivity index (χ0) is 13.7. The first-order valence-electron chi connectivity index (χ1n) is 5.59. The monoisotopic (exact) mass is 253 g/mol. The summed E-state index contributed by atoms with van der Waals surface area (Å²) in [5.41, 5.74) is 7.32. The zero-order valence-corrected chi connectivity index (χ0v) is 10.6. The van der Waals surface area contributed by atoms with Crippen molar-refractivity contribution in [1.29, 1.82) is 0 Å². The van der Waals surface area contributed by atoms with Gasteiger partial charge in [0.2, 0.25) is 0 Å².